The largest absolute Gasteiger partial charge is 0.496 e. The Labute approximate surface area is 101 Å². The summed E-state index contributed by atoms with van der Waals surface area (Å²) in [5, 5.41) is 0. The molecule has 4 nitrogen and oxygen atoms in total. The lowest BCUT2D eigenvalue weighted by molar-refractivity contribution is -0.116. The van der Waals surface area contributed by atoms with Gasteiger partial charge in [0, 0.05) is 6.42 Å². The molecule has 1 rings (SSSR count). The third kappa shape index (κ3) is 3.59. The molecule has 0 saturated heterocycles. The number of hydrogen-bond acceptors (Lipinski definition) is 4. The number of hydrogen-bond donors (Lipinski definition) is 0. The van der Waals surface area contributed by atoms with Gasteiger partial charge in [-0.2, -0.15) is 0 Å². The molecule has 0 N–H and O–H groups in total. The molecular weight excluding hydrogens is 220 g/mol. The van der Waals surface area contributed by atoms with Crippen molar-refractivity contribution in [3.05, 3.63) is 29.3 Å². The Bertz CT molecular complexity index is 423. The maximum Gasteiger partial charge on any atom is 0.341 e. The van der Waals surface area contributed by atoms with Gasteiger partial charge in [0.2, 0.25) is 0 Å². The zero-order chi connectivity index (χ0) is 12.8. The van der Waals surface area contributed by atoms with E-state index in [0.717, 1.165) is 5.56 Å². The van der Waals surface area contributed by atoms with Crippen molar-refractivity contribution in [2.45, 2.75) is 20.3 Å². The van der Waals surface area contributed by atoms with Crippen molar-refractivity contribution >= 4 is 11.8 Å². The predicted molar refractivity (Wildman–Crippen MR) is 63.3 cm³/mol. The van der Waals surface area contributed by atoms with E-state index in [2.05, 4.69) is 0 Å². The maximum atomic E-state index is 11.7. The van der Waals surface area contributed by atoms with Crippen LogP contribution in [0.3, 0.4) is 0 Å². The monoisotopic (exact) mass is 236 g/mol. The molecule has 0 amide bonds. The van der Waals surface area contributed by atoms with Crippen LogP contribution in [0.2, 0.25) is 0 Å². The van der Waals surface area contributed by atoms with Gasteiger partial charge >= 0.3 is 5.97 Å². The molecule has 0 aliphatic rings. The summed E-state index contributed by atoms with van der Waals surface area (Å²) in [6.45, 7) is 3.55. The molecule has 17 heavy (non-hydrogen) atoms. The number of benzene rings is 1. The fourth-order valence-electron chi connectivity index (χ4n) is 1.52. The van der Waals surface area contributed by atoms with Crippen molar-refractivity contribution in [2.24, 2.45) is 0 Å². The van der Waals surface area contributed by atoms with E-state index in [0.29, 0.717) is 24.3 Å². The Morgan fingerprint density at radius 1 is 1.29 bits per heavy atom. The van der Waals surface area contributed by atoms with Gasteiger partial charge in [0.15, 0.2) is 0 Å². The van der Waals surface area contributed by atoms with Crippen molar-refractivity contribution in [3.63, 3.8) is 0 Å². The molecule has 0 fully saturated rings. The number of ether oxygens (including phenoxy) is 2. The standard InChI is InChI=1S/C13H16O4/c1-4-17-13(15)11-8-10(7-9(2)14)5-6-12(11)16-3/h5-6,8H,4,7H2,1-3H3. The summed E-state index contributed by atoms with van der Waals surface area (Å²) in [5.41, 5.74) is 1.13. The van der Waals surface area contributed by atoms with E-state index in [1.54, 1.807) is 25.1 Å². The van der Waals surface area contributed by atoms with Crippen LogP contribution in [0.15, 0.2) is 18.2 Å². The van der Waals surface area contributed by atoms with Crippen LogP contribution >= 0.6 is 0 Å². The lowest BCUT2D eigenvalue weighted by Gasteiger charge is -2.09. The van der Waals surface area contributed by atoms with Crippen LogP contribution in [0.4, 0.5) is 0 Å². The summed E-state index contributed by atoms with van der Waals surface area (Å²) in [7, 11) is 1.49. The van der Waals surface area contributed by atoms with Crippen molar-refractivity contribution < 1.29 is 19.1 Å². The van der Waals surface area contributed by atoms with Crippen molar-refractivity contribution in [1.29, 1.82) is 0 Å². The van der Waals surface area contributed by atoms with Crippen LogP contribution in [-0.4, -0.2) is 25.5 Å². The second-order valence-electron chi connectivity index (χ2n) is 3.63. The van der Waals surface area contributed by atoms with Crippen LogP contribution < -0.4 is 4.74 Å². The summed E-state index contributed by atoms with van der Waals surface area (Å²) in [5.74, 6) is 0.0653. The van der Waals surface area contributed by atoms with E-state index >= 15 is 0 Å². The van der Waals surface area contributed by atoms with Gasteiger partial charge in [-0.1, -0.05) is 6.07 Å². The highest BCUT2D eigenvalue weighted by Gasteiger charge is 2.14. The Morgan fingerprint density at radius 2 is 2.00 bits per heavy atom. The summed E-state index contributed by atoms with van der Waals surface area (Å²) >= 11 is 0. The molecule has 1 aromatic carbocycles. The normalized spacial score (nSPS) is 9.82. The lowest BCUT2D eigenvalue weighted by Crippen LogP contribution is -2.08. The van der Waals surface area contributed by atoms with Crippen molar-refractivity contribution in [2.75, 3.05) is 13.7 Å². The zero-order valence-electron chi connectivity index (χ0n) is 10.3. The molecule has 0 unspecified atom stereocenters. The Hall–Kier alpha value is -1.84. The molecule has 0 aromatic heterocycles. The van der Waals surface area contributed by atoms with E-state index in [1.807, 2.05) is 0 Å². The van der Waals surface area contributed by atoms with Gasteiger partial charge in [0.1, 0.15) is 17.1 Å². The molecule has 4 heteroatoms. The van der Waals surface area contributed by atoms with E-state index in [4.69, 9.17) is 9.47 Å². The predicted octanol–water partition coefficient (Wildman–Crippen LogP) is 2.00. The number of esters is 1. The number of carbonyl (C=O) groups is 2. The lowest BCUT2D eigenvalue weighted by atomic mass is 10.1. The summed E-state index contributed by atoms with van der Waals surface area (Å²) in [6, 6.07) is 5.08. The van der Waals surface area contributed by atoms with E-state index in [1.165, 1.54) is 14.0 Å². The van der Waals surface area contributed by atoms with Crippen LogP contribution in [0.5, 0.6) is 5.75 Å². The molecule has 0 heterocycles. The van der Waals surface area contributed by atoms with E-state index in [-0.39, 0.29) is 5.78 Å². The summed E-state index contributed by atoms with van der Waals surface area (Å²) < 4.78 is 10.0. The SMILES string of the molecule is CCOC(=O)c1cc(CC(C)=O)ccc1OC. The average molecular weight is 236 g/mol. The van der Waals surface area contributed by atoms with Crippen LogP contribution in [0.25, 0.3) is 0 Å². The smallest absolute Gasteiger partial charge is 0.341 e. The molecule has 0 saturated carbocycles. The fourth-order valence-corrected chi connectivity index (χ4v) is 1.52. The first-order valence-corrected chi connectivity index (χ1v) is 5.42. The highest BCUT2D eigenvalue weighted by Crippen LogP contribution is 2.21. The first kappa shape index (κ1) is 13.2. The second kappa shape index (κ2) is 6.03. The van der Waals surface area contributed by atoms with Gasteiger partial charge in [-0.15, -0.1) is 0 Å². The third-order valence-corrected chi connectivity index (χ3v) is 2.21. The molecule has 0 atom stereocenters. The van der Waals surface area contributed by atoms with Crippen molar-refractivity contribution in [3.8, 4) is 5.75 Å². The maximum absolute atomic E-state index is 11.7. The van der Waals surface area contributed by atoms with Gasteiger partial charge < -0.3 is 9.47 Å². The third-order valence-electron chi connectivity index (χ3n) is 2.21. The number of ketones is 1. The Kier molecular flexibility index (Phi) is 4.69. The highest BCUT2D eigenvalue weighted by molar-refractivity contribution is 5.93. The highest BCUT2D eigenvalue weighted by atomic mass is 16.5. The average Bonchev–Trinajstić information content (AvgIpc) is 2.28. The van der Waals surface area contributed by atoms with Crippen LogP contribution in [-0.2, 0) is 16.0 Å². The zero-order valence-corrected chi connectivity index (χ0v) is 10.3. The summed E-state index contributed by atoms with van der Waals surface area (Å²) in [6.07, 6.45) is 0.302. The minimum Gasteiger partial charge on any atom is -0.496 e. The Balaban J connectivity index is 3.05. The van der Waals surface area contributed by atoms with Gasteiger partial charge in [0.25, 0.3) is 0 Å². The van der Waals surface area contributed by atoms with Gasteiger partial charge in [-0.25, -0.2) is 4.79 Å². The molecule has 92 valence electrons. The van der Waals surface area contributed by atoms with Crippen molar-refractivity contribution in [1.82, 2.24) is 0 Å². The van der Waals surface area contributed by atoms with E-state index in [9.17, 15) is 9.59 Å². The first-order valence-electron chi connectivity index (χ1n) is 5.42. The number of rotatable bonds is 5. The van der Waals surface area contributed by atoms with Crippen LogP contribution in [0, 0.1) is 0 Å². The van der Waals surface area contributed by atoms with Gasteiger partial charge in [-0.3, -0.25) is 4.79 Å². The number of methoxy groups -OCH3 is 1. The topological polar surface area (TPSA) is 52.6 Å². The molecule has 0 spiro atoms. The first-order chi connectivity index (χ1) is 8.08. The second-order valence-corrected chi connectivity index (χ2v) is 3.63. The molecule has 0 radical (unpaired) electrons. The quantitative estimate of drug-likeness (QED) is 0.734. The minimum absolute atomic E-state index is 0.0463. The molecule has 1 aromatic rings. The number of Topliss-reactive ketones (excluding diaryl/α,β-unsaturated/α-hetero) is 1. The fraction of sp³-hybridized carbons (Fsp3) is 0.385. The minimum atomic E-state index is -0.435. The molecule has 0 aliphatic heterocycles. The Morgan fingerprint density at radius 3 is 2.53 bits per heavy atom. The van der Waals surface area contributed by atoms with Gasteiger partial charge in [0.05, 0.1) is 13.7 Å². The van der Waals surface area contributed by atoms with Gasteiger partial charge in [-0.05, 0) is 31.5 Å². The molecule has 0 aliphatic carbocycles. The molecule has 0 bridgehead atoms. The van der Waals surface area contributed by atoms with Crippen LogP contribution in [0.1, 0.15) is 29.8 Å². The number of carbonyl (C=O) groups excluding carboxylic acids is 2. The molecular formula is C13H16O4. The van der Waals surface area contributed by atoms with E-state index < -0.39 is 5.97 Å². The summed E-state index contributed by atoms with van der Waals surface area (Å²) in [4.78, 5) is 22.7.